The summed E-state index contributed by atoms with van der Waals surface area (Å²) in [7, 11) is 1.91. The molecule has 0 aliphatic carbocycles. The van der Waals surface area contributed by atoms with E-state index in [2.05, 4.69) is 21.8 Å². The second kappa shape index (κ2) is 7.90. The second-order valence-electron chi connectivity index (χ2n) is 5.16. The third kappa shape index (κ3) is 5.08. The summed E-state index contributed by atoms with van der Waals surface area (Å²) in [6, 6.07) is 6.34. The van der Waals surface area contributed by atoms with Crippen molar-refractivity contribution < 1.29 is 4.39 Å². The highest BCUT2D eigenvalue weighted by atomic mass is 19.1. The van der Waals surface area contributed by atoms with E-state index in [4.69, 9.17) is 0 Å². The van der Waals surface area contributed by atoms with Gasteiger partial charge in [-0.3, -0.25) is 4.98 Å². The van der Waals surface area contributed by atoms with Crippen LogP contribution in [0.1, 0.15) is 19.5 Å². The van der Waals surface area contributed by atoms with Crippen LogP contribution in [0.2, 0.25) is 0 Å². The maximum Gasteiger partial charge on any atom is 0.131 e. The number of allylic oxidation sites excluding steroid dienone is 3. The van der Waals surface area contributed by atoms with Crippen LogP contribution >= 0.6 is 0 Å². The predicted molar refractivity (Wildman–Crippen MR) is 91.2 cm³/mol. The first-order chi connectivity index (χ1) is 11.1. The number of benzene rings is 1. The van der Waals surface area contributed by atoms with Crippen molar-refractivity contribution in [3.8, 4) is 11.8 Å². The maximum atomic E-state index is 13.0. The third-order valence-electron chi connectivity index (χ3n) is 3.13. The molecule has 0 unspecified atom stereocenters. The van der Waals surface area contributed by atoms with Gasteiger partial charge in [-0.15, -0.1) is 0 Å². The van der Waals surface area contributed by atoms with Crippen molar-refractivity contribution in [1.82, 2.24) is 9.97 Å². The van der Waals surface area contributed by atoms with Gasteiger partial charge in [0.15, 0.2) is 0 Å². The number of rotatable bonds is 3. The Labute approximate surface area is 136 Å². The number of halogens is 1. The van der Waals surface area contributed by atoms with E-state index in [0.29, 0.717) is 5.69 Å². The monoisotopic (exact) mass is 307 g/mol. The molecule has 0 aliphatic heterocycles. The Morgan fingerprint density at radius 1 is 1.17 bits per heavy atom. The van der Waals surface area contributed by atoms with Crippen LogP contribution < -0.4 is 4.90 Å². The molecule has 3 nitrogen and oxygen atoms in total. The predicted octanol–water partition coefficient (Wildman–Crippen LogP) is 3.95. The summed E-state index contributed by atoms with van der Waals surface area (Å²) in [6.07, 6.45) is 8.70. The van der Waals surface area contributed by atoms with Crippen molar-refractivity contribution in [2.24, 2.45) is 0 Å². The molecule has 1 aromatic carbocycles. The number of aromatic nitrogens is 2. The van der Waals surface area contributed by atoms with Crippen molar-refractivity contribution in [2.75, 3.05) is 11.9 Å². The van der Waals surface area contributed by atoms with Gasteiger partial charge in [0.05, 0.1) is 6.20 Å². The van der Waals surface area contributed by atoms with Crippen LogP contribution in [0.15, 0.2) is 66.3 Å². The average Bonchev–Trinajstić information content (AvgIpc) is 2.56. The van der Waals surface area contributed by atoms with Crippen molar-refractivity contribution in [3.63, 3.8) is 0 Å². The average molecular weight is 307 g/mol. The van der Waals surface area contributed by atoms with E-state index in [0.717, 1.165) is 16.8 Å². The number of nitrogens with zero attached hydrogens (tertiary/aromatic N) is 3. The van der Waals surface area contributed by atoms with Crippen molar-refractivity contribution >= 4 is 5.69 Å². The molecule has 0 radical (unpaired) electrons. The lowest BCUT2D eigenvalue weighted by atomic mass is 10.1. The molecular weight excluding hydrogens is 289 g/mol. The van der Waals surface area contributed by atoms with E-state index in [1.165, 1.54) is 12.1 Å². The van der Waals surface area contributed by atoms with Gasteiger partial charge < -0.3 is 4.90 Å². The van der Waals surface area contributed by atoms with Gasteiger partial charge in [-0.2, -0.15) is 0 Å². The third-order valence-corrected chi connectivity index (χ3v) is 3.13. The molecule has 4 heteroatoms. The Balaban J connectivity index is 2.16. The smallest absolute Gasteiger partial charge is 0.131 e. The van der Waals surface area contributed by atoms with Crippen LogP contribution in [-0.4, -0.2) is 17.0 Å². The number of anilines is 1. The van der Waals surface area contributed by atoms with Crippen LogP contribution in [-0.2, 0) is 0 Å². The Bertz CT molecular complexity index is 762. The summed E-state index contributed by atoms with van der Waals surface area (Å²) in [6.45, 7) is 4.01. The van der Waals surface area contributed by atoms with Gasteiger partial charge in [-0.25, -0.2) is 9.37 Å². The molecule has 116 valence electrons. The van der Waals surface area contributed by atoms with Crippen molar-refractivity contribution in [3.05, 3.63) is 77.8 Å². The molecule has 23 heavy (non-hydrogen) atoms. The largest absolute Gasteiger partial charge is 0.351 e. The molecule has 2 aromatic rings. The van der Waals surface area contributed by atoms with Gasteiger partial charge in [0, 0.05) is 36.9 Å². The minimum atomic E-state index is -0.244. The summed E-state index contributed by atoms with van der Waals surface area (Å²) < 4.78 is 13.0. The fourth-order valence-corrected chi connectivity index (χ4v) is 1.78. The molecule has 2 rings (SSSR count). The fourth-order valence-electron chi connectivity index (χ4n) is 1.78. The highest BCUT2D eigenvalue weighted by Crippen LogP contribution is 2.14. The first kappa shape index (κ1) is 16.4. The molecule has 1 heterocycles. The van der Waals surface area contributed by atoms with E-state index >= 15 is 0 Å². The lowest BCUT2D eigenvalue weighted by Crippen LogP contribution is -2.07. The van der Waals surface area contributed by atoms with Crippen LogP contribution in [0.4, 0.5) is 10.1 Å². The van der Waals surface area contributed by atoms with E-state index in [9.17, 15) is 4.39 Å². The second-order valence-corrected chi connectivity index (χ2v) is 5.16. The molecule has 0 aliphatic rings. The molecule has 0 atom stereocenters. The molecule has 0 N–H and O–H groups in total. The minimum absolute atomic E-state index is 0.244. The maximum absolute atomic E-state index is 13.0. The van der Waals surface area contributed by atoms with Gasteiger partial charge in [0.25, 0.3) is 0 Å². The minimum Gasteiger partial charge on any atom is -0.351 e. The van der Waals surface area contributed by atoms with Crippen LogP contribution in [0, 0.1) is 17.7 Å². The lowest BCUT2D eigenvalue weighted by Gasteiger charge is -2.13. The SMILES string of the molecule is CC(C)=C(C#Cc1cnccn1)/C=C\N(C)c1ccc(F)cc1. The van der Waals surface area contributed by atoms with Gasteiger partial charge in [0.2, 0.25) is 0 Å². The normalized spacial score (nSPS) is 10.1. The fraction of sp³-hybridized carbons (Fsp3) is 0.158. The molecule has 0 saturated carbocycles. The van der Waals surface area contributed by atoms with Crippen LogP contribution in [0.3, 0.4) is 0 Å². The van der Waals surface area contributed by atoms with Crippen molar-refractivity contribution in [2.45, 2.75) is 13.8 Å². The Hall–Kier alpha value is -2.93. The summed E-state index contributed by atoms with van der Waals surface area (Å²) in [5.74, 6) is 5.86. The first-order valence-electron chi connectivity index (χ1n) is 7.18. The van der Waals surface area contributed by atoms with Gasteiger partial charge in [-0.1, -0.05) is 11.5 Å². The molecule has 1 aromatic heterocycles. The lowest BCUT2D eigenvalue weighted by molar-refractivity contribution is 0.628. The molecule has 0 fully saturated rings. The van der Waals surface area contributed by atoms with Gasteiger partial charge in [-0.05, 0) is 50.1 Å². The number of hydrogen-bond acceptors (Lipinski definition) is 3. The molecule has 0 saturated heterocycles. The zero-order valence-electron chi connectivity index (χ0n) is 13.4. The van der Waals surface area contributed by atoms with E-state index in [1.807, 2.05) is 38.1 Å². The highest BCUT2D eigenvalue weighted by Gasteiger charge is 1.98. The first-order valence-corrected chi connectivity index (χ1v) is 7.18. The highest BCUT2D eigenvalue weighted by molar-refractivity contribution is 5.51. The Morgan fingerprint density at radius 3 is 2.52 bits per heavy atom. The molecular formula is C19H18FN3. The zero-order chi connectivity index (χ0) is 16.7. The molecule has 0 bridgehead atoms. The van der Waals surface area contributed by atoms with Crippen LogP contribution in [0.5, 0.6) is 0 Å². The quantitative estimate of drug-likeness (QED) is 0.635. The van der Waals surface area contributed by atoms with E-state index in [-0.39, 0.29) is 5.82 Å². The summed E-state index contributed by atoms with van der Waals surface area (Å²) in [5, 5.41) is 0. The van der Waals surface area contributed by atoms with Crippen molar-refractivity contribution in [1.29, 1.82) is 0 Å². The molecule has 0 spiro atoms. The van der Waals surface area contributed by atoms with Gasteiger partial charge in [0.1, 0.15) is 11.5 Å². The van der Waals surface area contributed by atoms with Gasteiger partial charge >= 0.3 is 0 Å². The summed E-state index contributed by atoms with van der Waals surface area (Å²) in [5.41, 5.74) is 3.54. The summed E-state index contributed by atoms with van der Waals surface area (Å²) >= 11 is 0. The van der Waals surface area contributed by atoms with Crippen LogP contribution in [0.25, 0.3) is 0 Å². The van der Waals surface area contributed by atoms with E-state index in [1.54, 1.807) is 30.7 Å². The van der Waals surface area contributed by atoms with E-state index < -0.39 is 0 Å². The number of hydrogen-bond donors (Lipinski definition) is 0. The Morgan fingerprint density at radius 2 is 1.91 bits per heavy atom. The topological polar surface area (TPSA) is 29.0 Å². The molecule has 0 amide bonds. The standard InChI is InChI=1S/C19H18FN3/c1-15(2)16(4-7-18-14-21-11-12-22-18)10-13-23(3)19-8-5-17(20)6-9-19/h5-6,8-14H,1-3H3/b13-10-. The zero-order valence-corrected chi connectivity index (χ0v) is 13.4. The Kier molecular flexibility index (Phi) is 5.65. The summed E-state index contributed by atoms with van der Waals surface area (Å²) in [4.78, 5) is 10.0.